The molecule has 1 rings (SSSR count). The average Bonchev–Trinajstić information content (AvgIpc) is 2.70. The van der Waals surface area contributed by atoms with Crippen LogP contribution in [0.15, 0.2) is 0 Å². The van der Waals surface area contributed by atoms with Gasteiger partial charge in [-0.1, -0.05) is 6.92 Å². The molecule has 0 aromatic rings. The number of aliphatic hydroxyl groups excluding tert-OH is 1. The summed E-state index contributed by atoms with van der Waals surface area (Å²) in [6.45, 7) is 2.01. The van der Waals surface area contributed by atoms with Gasteiger partial charge in [0.1, 0.15) is 0 Å². The van der Waals surface area contributed by atoms with E-state index in [4.69, 9.17) is 5.11 Å². The molecule has 0 aliphatic heterocycles. The van der Waals surface area contributed by atoms with E-state index in [0.29, 0.717) is 12.8 Å². The van der Waals surface area contributed by atoms with Gasteiger partial charge in [-0.25, -0.2) is 0 Å². The van der Waals surface area contributed by atoms with Crippen LogP contribution in [0.5, 0.6) is 0 Å². The van der Waals surface area contributed by atoms with Gasteiger partial charge < -0.3 is 10.4 Å². The first-order valence-electron chi connectivity index (χ1n) is 4.14. The molecule has 0 heterocycles. The lowest BCUT2D eigenvalue weighted by Crippen LogP contribution is -2.36. The first kappa shape index (κ1) is 8.53. The summed E-state index contributed by atoms with van der Waals surface area (Å²) in [6.07, 6.45) is 3.30. The molecule has 1 aliphatic carbocycles. The van der Waals surface area contributed by atoms with Crippen LogP contribution in [0.2, 0.25) is 0 Å². The highest BCUT2D eigenvalue weighted by Gasteiger charge is 2.42. The van der Waals surface area contributed by atoms with Crippen molar-refractivity contribution in [3.63, 3.8) is 0 Å². The van der Waals surface area contributed by atoms with E-state index in [1.54, 1.807) is 0 Å². The summed E-state index contributed by atoms with van der Waals surface area (Å²) in [5.41, 5.74) is -0.0259. The van der Waals surface area contributed by atoms with Crippen LogP contribution in [-0.4, -0.2) is 23.2 Å². The fourth-order valence-electron chi connectivity index (χ4n) is 1.19. The number of hydrogen-bond donors (Lipinski definition) is 2. The van der Waals surface area contributed by atoms with E-state index >= 15 is 0 Å². The van der Waals surface area contributed by atoms with Crippen LogP contribution >= 0.6 is 0 Å². The smallest absolute Gasteiger partial charge is 0.220 e. The first-order chi connectivity index (χ1) is 5.22. The van der Waals surface area contributed by atoms with Crippen LogP contribution in [0.25, 0.3) is 0 Å². The van der Waals surface area contributed by atoms with Crippen molar-refractivity contribution >= 4 is 5.91 Å². The summed E-state index contributed by atoms with van der Waals surface area (Å²) in [4.78, 5) is 10.9. The van der Waals surface area contributed by atoms with Gasteiger partial charge in [-0.15, -0.1) is 0 Å². The Morgan fingerprint density at radius 1 is 1.64 bits per heavy atom. The van der Waals surface area contributed by atoms with Crippen LogP contribution in [0.1, 0.15) is 32.6 Å². The van der Waals surface area contributed by atoms with Gasteiger partial charge in [0.2, 0.25) is 5.91 Å². The largest absolute Gasteiger partial charge is 0.396 e. The SMILES string of the molecule is CCC(=O)NC1(CCO)CC1. The highest BCUT2D eigenvalue weighted by Crippen LogP contribution is 2.38. The predicted molar refractivity (Wildman–Crippen MR) is 42.1 cm³/mol. The minimum Gasteiger partial charge on any atom is -0.396 e. The normalized spacial score (nSPS) is 19.5. The van der Waals surface area contributed by atoms with Crippen molar-refractivity contribution in [3.8, 4) is 0 Å². The van der Waals surface area contributed by atoms with Crippen molar-refractivity contribution in [2.45, 2.75) is 38.1 Å². The lowest BCUT2D eigenvalue weighted by molar-refractivity contribution is -0.121. The number of carbonyl (C=O) groups excluding carboxylic acids is 1. The summed E-state index contributed by atoms with van der Waals surface area (Å²) in [5.74, 6) is 0.0935. The number of amides is 1. The Kier molecular flexibility index (Phi) is 2.49. The molecule has 0 radical (unpaired) electrons. The third kappa shape index (κ3) is 2.19. The van der Waals surface area contributed by atoms with Crippen LogP contribution in [0.3, 0.4) is 0 Å². The van der Waals surface area contributed by atoms with Gasteiger partial charge in [0.25, 0.3) is 0 Å². The van der Waals surface area contributed by atoms with Crippen LogP contribution < -0.4 is 5.32 Å². The Labute approximate surface area is 66.8 Å². The zero-order valence-corrected chi connectivity index (χ0v) is 6.89. The minimum atomic E-state index is -0.0259. The van der Waals surface area contributed by atoms with Gasteiger partial charge in [0, 0.05) is 18.6 Å². The topological polar surface area (TPSA) is 49.3 Å². The number of nitrogens with one attached hydrogen (secondary N) is 1. The van der Waals surface area contributed by atoms with Crippen molar-refractivity contribution in [2.24, 2.45) is 0 Å². The summed E-state index contributed by atoms with van der Waals surface area (Å²) in [6, 6.07) is 0. The van der Waals surface area contributed by atoms with Crippen molar-refractivity contribution in [1.82, 2.24) is 5.32 Å². The molecule has 1 fully saturated rings. The molecule has 1 amide bonds. The zero-order chi connectivity index (χ0) is 8.32. The molecule has 64 valence electrons. The number of carbonyl (C=O) groups is 1. The second kappa shape index (κ2) is 3.22. The van der Waals surface area contributed by atoms with Crippen molar-refractivity contribution < 1.29 is 9.90 Å². The molecule has 0 aromatic heterocycles. The number of rotatable bonds is 4. The standard InChI is InChI=1S/C8H15NO2/c1-2-7(11)9-8(3-4-8)5-6-10/h10H,2-6H2,1H3,(H,9,11). The fraction of sp³-hybridized carbons (Fsp3) is 0.875. The van der Waals surface area contributed by atoms with Crippen molar-refractivity contribution in [3.05, 3.63) is 0 Å². The molecule has 3 nitrogen and oxygen atoms in total. The highest BCUT2D eigenvalue weighted by atomic mass is 16.3. The molecule has 2 N–H and O–H groups in total. The van der Waals surface area contributed by atoms with Crippen LogP contribution in [0.4, 0.5) is 0 Å². The Bertz CT molecular complexity index is 152. The highest BCUT2D eigenvalue weighted by molar-refractivity contribution is 5.76. The first-order valence-corrected chi connectivity index (χ1v) is 4.14. The number of aliphatic hydroxyl groups is 1. The fourth-order valence-corrected chi connectivity index (χ4v) is 1.19. The Morgan fingerprint density at radius 3 is 2.64 bits per heavy atom. The Balaban J connectivity index is 2.29. The van der Waals surface area contributed by atoms with E-state index in [0.717, 1.165) is 12.8 Å². The lowest BCUT2D eigenvalue weighted by Gasteiger charge is -2.14. The van der Waals surface area contributed by atoms with Crippen molar-refractivity contribution in [2.75, 3.05) is 6.61 Å². The third-order valence-corrected chi connectivity index (χ3v) is 2.17. The van der Waals surface area contributed by atoms with E-state index < -0.39 is 0 Å². The molecule has 0 aromatic carbocycles. The van der Waals surface area contributed by atoms with E-state index in [1.165, 1.54) is 0 Å². The van der Waals surface area contributed by atoms with E-state index in [2.05, 4.69) is 5.32 Å². The summed E-state index contributed by atoms with van der Waals surface area (Å²) in [7, 11) is 0. The van der Waals surface area contributed by atoms with E-state index in [-0.39, 0.29) is 18.1 Å². The van der Waals surface area contributed by atoms with Crippen molar-refractivity contribution in [1.29, 1.82) is 0 Å². The number of hydrogen-bond acceptors (Lipinski definition) is 2. The molecule has 3 heteroatoms. The zero-order valence-electron chi connectivity index (χ0n) is 6.89. The maximum atomic E-state index is 10.9. The molecular weight excluding hydrogens is 142 g/mol. The predicted octanol–water partition coefficient (Wildman–Crippen LogP) is 0.428. The molecular formula is C8H15NO2. The van der Waals surface area contributed by atoms with Gasteiger partial charge in [-0.3, -0.25) is 4.79 Å². The third-order valence-electron chi connectivity index (χ3n) is 2.17. The second-order valence-electron chi connectivity index (χ2n) is 3.16. The summed E-state index contributed by atoms with van der Waals surface area (Å²) in [5, 5.41) is 11.6. The van der Waals surface area contributed by atoms with Crippen LogP contribution in [-0.2, 0) is 4.79 Å². The quantitative estimate of drug-likeness (QED) is 0.621. The molecule has 1 saturated carbocycles. The molecule has 0 bridgehead atoms. The molecule has 11 heavy (non-hydrogen) atoms. The molecule has 0 saturated heterocycles. The molecule has 0 spiro atoms. The maximum Gasteiger partial charge on any atom is 0.220 e. The van der Waals surface area contributed by atoms with Gasteiger partial charge in [-0.05, 0) is 19.3 Å². The van der Waals surface area contributed by atoms with Crippen LogP contribution in [0, 0.1) is 0 Å². The summed E-state index contributed by atoms with van der Waals surface area (Å²) >= 11 is 0. The van der Waals surface area contributed by atoms with E-state index in [1.807, 2.05) is 6.92 Å². The van der Waals surface area contributed by atoms with Gasteiger partial charge in [0.05, 0.1) is 0 Å². The summed E-state index contributed by atoms with van der Waals surface area (Å²) < 4.78 is 0. The van der Waals surface area contributed by atoms with Gasteiger partial charge >= 0.3 is 0 Å². The van der Waals surface area contributed by atoms with E-state index in [9.17, 15) is 4.79 Å². The Morgan fingerprint density at radius 2 is 2.27 bits per heavy atom. The average molecular weight is 157 g/mol. The molecule has 1 aliphatic rings. The lowest BCUT2D eigenvalue weighted by atomic mass is 10.2. The maximum absolute atomic E-state index is 10.9. The molecule has 0 atom stereocenters. The monoisotopic (exact) mass is 157 g/mol. The Hall–Kier alpha value is -0.570. The van der Waals surface area contributed by atoms with Gasteiger partial charge in [0.15, 0.2) is 0 Å². The second-order valence-corrected chi connectivity index (χ2v) is 3.16. The minimum absolute atomic E-state index is 0.0259. The van der Waals surface area contributed by atoms with Gasteiger partial charge in [-0.2, -0.15) is 0 Å². The molecule has 0 unspecified atom stereocenters.